The molecule has 0 unspecified atom stereocenters. The highest BCUT2D eigenvalue weighted by Gasteiger charge is 2.39. The van der Waals surface area contributed by atoms with Gasteiger partial charge in [-0.2, -0.15) is 5.10 Å². The van der Waals surface area contributed by atoms with E-state index in [2.05, 4.69) is 17.3 Å². The van der Waals surface area contributed by atoms with Crippen LogP contribution in [-0.4, -0.2) is 21.1 Å². The largest absolute Gasteiger partial charge is 0.347 e. The predicted octanol–water partition coefficient (Wildman–Crippen LogP) is 1.62. The smallest absolute Gasteiger partial charge is 0.253 e. The molecule has 0 saturated heterocycles. The van der Waals surface area contributed by atoms with Gasteiger partial charge in [0.25, 0.3) is 5.91 Å². The van der Waals surface area contributed by atoms with Crippen LogP contribution in [0.5, 0.6) is 0 Å². The minimum atomic E-state index is -0.00824. The molecule has 1 saturated carbocycles. The normalized spacial score (nSPS) is 17.3. The average molecular weight is 215 g/mol. The number of aromatic nitrogens is 2. The molecule has 3 rings (SSSR count). The molecule has 0 radical (unpaired) electrons. The van der Waals surface area contributed by atoms with Gasteiger partial charge in [0, 0.05) is 11.7 Å². The molecule has 2 aromatic heterocycles. The van der Waals surface area contributed by atoms with Crippen LogP contribution in [0.4, 0.5) is 0 Å². The Hall–Kier alpha value is -1.84. The van der Waals surface area contributed by atoms with Gasteiger partial charge in [-0.1, -0.05) is 0 Å². The standard InChI is InChI=1S/C12H13N3O/c1-12(5-6-12)14-11(16)9-3-2-8-15-10(9)4-7-13-15/h2-4,7-8H,5-6H2,1H3,(H,14,16). The van der Waals surface area contributed by atoms with Crippen molar-refractivity contribution in [2.75, 3.05) is 0 Å². The Bertz CT molecular complexity index is 554. The summed E-state index contributed by atoms with van der Waals surface area (Å²) in [4.78, 5) is 12.1. The zero-order chi connectivity index (χ0) is 11.2. The van der Waals surface area contributed by atoms with Crippen LogP contribution in [0.3, 0.4) is 0 Å². The molecule has 1 aliphatic carbocycles. The van der Waals surface area contributed by atoms with Crippen molar-refractivity contribution in [1.82, 2.24) is 14.9 Å². The summed E-state index contributed by atoms with van der Waals surface area (Å²) in [6.45, 7) is 2.07. The number of carbonyl (C=O) groups is 1. The van der Waals surface area contributed by atoms with Gasteiger partial charge in [-0.15, -0.1) is 0 Å². The van der Waals surface area contributed by atoms with Crippen LogP contribution in [0.2, 0.25) is 0 Å². The highest BCUT2D eigenvalue weighted by molar-refractivity contribution is 6.01. The maximum atomic E-state index is 12.1. The van der Waals surface area contributed by atoms with Gasteiger partial charge in [-0.25, -0.2) is 4.52 Å². The van der Waals surface area contributed by atoms with Crippen LogP contribution in [0.1, 0.15) is 30.1 Å². The third-order valence-electron chi connectivity index (χ3n) is 3.10. The van der Waals surface area contributed by atoms with Gasteiger partial charge in [-0.3, -0.25) is 4.79 Å². The second kappa shape index (κ2) is 3.07. The third-order valence-corrected chi connectivity index (χ3v) is 3.10. The molecular formula is C12H13N3O. The Morgan fingerprint density at radius 1 is 1.50 bits per heavy atom. The van der Waals surface area contributed by atoms with Gasteiger partial charge >= 0.3 is 0 Å². The molecule has 82 valence electrons. The summed E-state index contributed by atoms with van der Waals surface area (Å²) in [6, 6.07) is 5.52. The van der Waals surface area contributed by atoms with Crippen molar-refractivity contribution in [3.8, 4) is 0 Å². The molecule has 2 aromatic rings. The first-order valence-corrected chi connectivity index (χ1v) is 5.43. The summed E-state index contributed by atoms with van der Waals surface area (Å²) in [5, 5.41) is 7.16. The minimum absolute atomic E-state index is 0.00824. The van der Waals surface area contributed by atoms with Crippen molar-refractivity contribution >= 4 is 11.4 Å². The molecule has 0 aliphatic heterocycles. The lowest BCUT2D eigenvalue weighted by molar-refractivity contribution is 0.0936. The molecular weight excluding hydrogens is 202 g/mol. The number of carbonyl (C=O) groups excluding carboxylic acids is 1. The highest BCUT2D eigenvalue weighted by Crippen LogP contribution is 2.34. The Balaban J connectivity index is 1.98. The Morgan fingerprint density at radius 2 is 2.31 bits per heavy atom. The summed E-state index contributed by atoms with van der Waals surface area (Å²) < 4.78 is 1.71. The molecule has 4 heteroatoms. The van der Waals surface area contributed by atoms with Crippen LogP contribution in [0.15, 0.2) is 30.6 Å². The fourth-order valence-electron chi connectivity index (χ4n) is 1.80. The fourth-order valence-corrected chi connectivity index (χ4v) is 1.80. The maximum absolute atomic E-state index is 12.1. The minimum Gasteiger partial charge on any atom is -0.347 e. The van der Waals surface area contributed by atoms with Crippen LogP contribution in [-0.2, 0) is 0 Å². The maximum Gasteiger partial charge on any atom is 0.253 e. The SMILES string of the molecule is CC1(NC(=O)c2cccn3nccc23)CC1. The second-order valence-corrected chi connectivity index (χ2v) is 4.60. The molecule has 16 heavy (non-hydrogen) atoms. The van der Waals surface area contributed by atoms with Crippen LogP contribution in [0, 0.1) is 0 Å². The molecule has 1 aliphatic rings. The van der Waals surface area contributed by atoms with Crippen molar-refractivity contribution < 1.29 is 4.79 Å². The zero-order valence-corrected chi connectivity index (χ0v) is 9.10. The van der Waals surface area contributed by atoms with Crippen molar-refractivity contribution in [2.45, 2.75) is 25.3 Å². The average Bonchev–Trinajstić information content (AvgIpc) is 2.81. The van der Waals surface area contributed by atoms with Crippen LogP contribution < -0.4 is 5.32 Å². The number of hydrogen-bond acceptors (Lipinski definition) is 2. The molecule has 1 amide bonds. The molecule has 0 aromatic carbocycles. The van der Waals surface area contributed by atoms with Crippen LogP contribution >= 0.6 is 0 Å². The first kappa shape index (κ1) is 9.39. The van der Waals surface area contributed by atoms with E-state index in [0.717, 1.165) is 18.4 Å². The zero-order valence-electron chi connectivity index (χ0n) is 9.10. The fraction of sp³-hybridized carbons (Fsp3) is 0.333. The molecule has 1 fully saturated rings. The first-order chi connectivity index (χ1) is 7.68. The molecule has 0 spiro atoms. The number of hydrogen-bond donors (Lipinski definition) is 1. The summed E-state index contributed by atoms with van der Waals surface area (Å²) in [6.07, 6.45) is 5.68. The third kappa shape index (κ3) is 1.46. The summed E-state index contributed by atoms with van der Waals surface area (Å²) >= 11 is 0. The van der Waals surface area contributed by atoms with Crippen molar-refractivity contribution in [1.29, 1.82) is 0 Å². The lowest BCUT2D eigenvalue weighted by Gasteiger charge is -2.11. The van der Waals surface area contributed by atoms with Gasteiger partial charge in [0.15, 0.2) is 0 Å². The number of rotatable bonds is 2. The Morgan fingerprint density at radius 3 is 3.06 bits per heavy atom. The van der Waals surface area contributed by atoms with E-state index in [1.165, 1.54) is 0 Å². The van der Waals surface area contributed by atoms with E-state index < -0.39 is 0 Å². The van der Waals surface area contributed by atoms with Crippen molar-refractivity contribution in [3.63, 3.8) is 0 Å². The van der Waals surface area contributed by atoms with E-state index in [1.54, 1.807) is 10.7 Å². The van der Waals surface area contributed by atoms with Gasteiger partial charge in [0.05, 0.1) is 17.3 Å². The number of amides is 1. The van der Waals surface area contributed by atoms with Crippen molar-refractivity contribution in [3.05, 3.63) is 36.2 Å². The van der Waals surface area contributed by atoms with Gasteiger partial charge in [0.2, 0.25) is 0 Å². The topological polar surface area (TPSA) is 46.4 Å². The lowest BCUT2D eigenvalue weighted by atomic mass is 10.2. The molecule has 2 heterocycles. The number of nitrogens with one attached hydrogen (secondary N) is 1. The Kier molecular flexibility index (Phi) is 1.80. The highest BCUT2D eigenvalue weighted by atomic mass is 16.1. The predicted molar refractivity (Wildman–Crippen MR) is 60.3 cm³/mol. The van der Waals surface area contributed by atoms with E-state index in [-0.39, 0.29) is 11.4 Å². The quantitative estimate of drug-likeness (QED) is 0.827. The monoisotopic (exact) mass is 215 g/mol. The first-order valence-electron chi connectivity index (χ1n) is 5.43. The number of nitrogens with zero attached hydrogens (tertiary/aromatic N) is 2. The van der Waals surface area contributed by atoms with Crippen molar-refractivity contribution in [2.24, 2.45) is 0 Å². The summed E-state index contributed by atoms with van der Waals surface area (Å²) in [7, 11) is 0. The summed E-state index contributed by atoms with van der Waals surface area (Å²) in [5.41, 5.74) is 1.56. The molecule has 0 bridgehead atoms. The van der Waals surface area contributed by atoms with E-state index in [0.29, 0.717) is 5.56 Å². The lowest BCUT2D eigenvalue weighted by Crippen LogP contribution is -2.34. The van der Waals surface area contributed by atoms with Gasteiger partial charge in [-0.05, 0) is 38.0 Å². The van der Waals surface area contributed by atoms with Gasteiger partial charge in [0.1, 0.15) is 0 Å². The second-order valence-electron chi connectivity index (χ2n) is 4.60. The van der Waals surface area contributed by atoms with Gasteiger partial charge < -0.3 is 5.32 Å². The van der Waals surface area contributed by atoms with E-state index in [4.69, 9.17) is 0 Å². The van der Waals surface area contributed by atoms with E-state index >= 15 is 0 Å². The number of fused-ring (bicyclic) bond motifs is 1. The molecule has 1 N–H and O–H groups in total. The Labute approximate surface area is 93.3 Å². The number of pyridine rings is 1. The van der Waals surface area contributed by atoms with Crippen LogP contribution in [0.25, 0.3) is 5.52 Å². The molecule has 0 atom stereocenters. The molecule has 4 nitrogen and oxygen atoms in total. The van der Waals surface area contributed by atoms with E-state index in [1.807, 2.05) is 24.4 Å². The summed E-state index contributed by atoms with van der Waals surface area (Å²) in [5.74, 6) is -0.00824. The van der Waals surface area contributed by atoms with E-state index in [9.17, 15) is 4.79 Å².